The molecular formula is C14H19FN2O2. The van der Waals surface area contributed by atoms with Crippen molar-refractivity contribution < 1.29 is 14.3 Å². The highest BCUT2D eigenvalue weighted by atomic mass is 19.1. The quantitative estimate of drug-likeness (QED) is 0.883. The number of benzene rings is 1. The van der Waals surface area contributed by atoms with Crippen molar-refractivity contribution in [1.82, 2.24) is 4.90 Å². The van der Waals surface area contributed by atoms with Crippen LogP contribution in [0.3, 0.4) is 0 Å². The molecule has 1 aliphatic rings. The number of carbonyl (C=O) groups is 1. The van der Waals surface area contributed by atoms with Gasteiger partial charge in [0.15, 0.2) is 0 Å². The molecule has 0 saturated carbocycles. The molecule has 1 amide bonds. The molecule has 0 bridgehead atoms. The molecule has 0 radical (unpaired) electrons. The van der Waals surface area contributed by atoms with E-state index < -0.39 is 11.9 Å². The third-order valence-electron chi connectivity index (χ3n) is 3.46. The minimum atomic E-state index is -0.762. The van der Waals surface area contributed by atoms with Crippen LogP contribution in [0, 0.1) is 5.82 Å². The Hall–Kier alpha value is -1.62. The Bertz CT molecular complexity index is 477. The van der Waals surface area contributed by atoms with E-state index >= 15 is 0 Å². The number of aliphatic hydroxyl groups excluding tert-OH is 1. The Kier molecular flexibility index (Phi) is 4.04. The third kappa shape index (κ3) is 2.87. The maximum absolute atomic E-state index is 14.1. The summed E-state index contributed by atoms with van der Waals surface area (Å²) in [5, 5.41) is 9.76. The van der Waals surface area contributed by atoms with Gasteiger partial charge in [0.25, 0.3) is 0 Å². The zero-order valence-electron chi connectivity index (χ0n) is 11.3. The molecule has 0 spiro atoms. The van der Waals surface area contributed by atoms with E-state index in [0.29, 0.717) is 24.3 Å². The summed E-state index contributed by atoms with van der Waals surface area (Å²) < 4.78 is 14.1. The summed E-state index contributed by atoms with van der Waals surface area (Å²) in [4.78, 5) is 15.3. The molecule has 2 rings (SSSR count). The molecule has 1 aliphatic heterocycles. The summed E-state index contributed by atoms with van der Waals surface area (Å²) in [6, 6.07) is 4.63. The lowest BCUT2D eigenvalue weighted by Gasteiger charge is -2.26. The minimum Gasteiger partial charge on any atom is -0.389 e. The van der Waals surface area contributed by atoms with E-state index in [4.69, 9.17) is 0 Å². The van der Waals surface area contributed by atoms with Gasteiger partial charge in [-0.05, 0) is 19.4 Å². The predicted octanol–water partition coefficient (Wildman–Crippen LogP) is 1.55. The Morgan fingerprint density at radius 1 is 1.37 bits per heavy atom. The zero-order chi connectivity index (χ0) is 14.0. The summed E-state index contributed by atoms with van der Waals surface area (Å²) in [5.74, 6) is -0.423. The summed E-state index contributed by atoms with van der Waals surface area (Å²) in [6.07, 6.45) is 0.0253. The number of aliphatic hydroxyl groups is 1. The SMILES string of the molecule is C[C@H](O)c1cccc(F)c1N1CCCN(C)C(=O)C1. The number of likely N-dealkylation sites (N-methyl/N-ethyl adjacent to an activating group) is 1. The smallest absolute Gasteiger partial charge is 0.241 e. The molecule has 19 heavy (non-hydrogen) atoms. The van der Waals surface area contributed by atoms with E-state index in [-0.39, 0.29) is 12.5 Å². The van der Waals surface area contributed by atoms with Crippen molar-refractivity contribution in [3.05, 3.63) is 29.6 Å². The normalized spacial score (nSPS) is 18.4. The average Bonchev–Trinajstić information content (AvgIpc) is 2.51. The number of para-hydroxylation sites is 1. The lowest BCUT2D eigenvalue weighted by atomic mass is 10.1. The number of amides is 1. The number of hydrogen-bond donors (Lipinski definition) is 1. The van der Waals surface area contributed by atoms with Gasteiger partial charge in [0.2, 0.25) is 5.91 Å². The van der Waals surface area contributed by atoms with E-state index in [1.165, 1.54) is 6.07 Å². The van der Waals surface area contributed by atoms with E-state index in [0.717, 1.165) is 6.42 Å². The number of hydrogen-bond acceptors (Lipinski definition) is 3. The van der Waals surface area contributed by atoms with Gasteiger partial charge in [-0.15, -0.1) is 0 Å². The molecule has 0 aromatic heterocycles. The number of nitrogens with zero attached hydrogens (tertiary/aromatic N) is 2. The van der Waals surface area contributed by atoms with Gasteiger partial charge in [0.1, 0.15) is 5.82 Å². The van der Waals surface area contributed by atoms with Crippen LogP contribution in [0.5, 0.6) is 0 Å². The van der Waals surface area contributed by atoms with E-state index in [1.807, 2.05) is 0 Å². The molecule has 1 aromatic carbocycles. The molecule has 104 valence electrons. The van der Waals surface area contributed by atoms with Gasteiger partial charge >= 0.3 is 0 Å². The maximum atomic E-state index is 14.1. The Labute approximate surface area is 112 Å². The molecule has 1 heterocycles. The van der Waals surface area contributed by atoms with Gasteiger partial charge < -0.3 is 14.9 Å². The van der Waals surface area contributed by atoms with Crippen LogP contribution in [0.15, 0.2) is 18.2 Å². The van der Waals surface area contributed by atoms with Gasteiger partial charge in [0, 0.05) is 25.7 Å². The Balaban J connectivity index is 2.37. The van der Waals surface area contributed by atoms with Crippen LogP contribution in [0.25, 0.3) is 0 Å². The lowest BCUT2D eigenvalue weighted by Crippen LogP contribution is -2.35. The van der Waals surface area contributed by atoms with Crippen LogP contribution >= 0.6 is 0 Å². The van der Waals surface area contributed by atoms with Crippen molar-refractivity contribution in [2.24, 2.45) is 0 Å². The van der Waals surface area contributed by atoms with Crippen molar-refractivity contribution in [2.75, 3.05) is 31.6 Å². The van der Waals surface area contributed by atoms with Crippen molar-refractivity contribution in [1.29, 1.82) is 0 Å². The maximum Gasteiger partial charge on any atom is 0.241 e. The molecule has 5 heteroatoms. The van der Waals surface area contributed by atoms with E-state index in [2.05, 4.69) is 0 Å². The second-order valence-corrected chi connectivity index (χ2v) is 4.94. The molecule has 1 saturated heterocycles. The highest BCUT2D eigenvalue weighted by molar-refractivity contribution is 5.82. The zero-order valence-corrected chi connectivity index (χ0v) is 11.3. The van der Waals surface area contributed by atoms with Crippen LogP contribution in [0.4, 0.5) is 10.1 Å². The summed E-state index contributed by atoms with van der Waals surface area (Å²) in [5.41, 5.74) is 0.874. The van der Waals surface area contributed by atoms with Crippen molar-refractivity contribution in [3.8, 4) is 0 Å². The van der Waals surface area contributed by atoms with Gasteiger partial charge in [-0.1, -0.05) is 12.1 Å². The largest absolute Gasteiger partial charge is 0.389 e. The van der Waals surface area contributed by atoms with Crippen molar-refractivity contribution >= 4 is 11.6 Å². The molecule has 1 atom stereocenters. The van der Waals surface area contributed by atoms with Crippen molar-refractivity contribution in [2.45, 2.75) is 19.4 Å². The van der Waals surface area contributed by atoms with Crippen LogP contribution in [-0.4, -0.2) is 42.6 Å². The lowest BCUT2D eigenvalue weighted by molar-refractivity contribution is -0.127. The molecule has 1 N–H and O–H groups in total. The van der Waals surface area contributed by atoms with Gasteiger partial charge in [0.05, 0.1) is 18.3 Å². The molecule has 4 nitrogen and oxygen atoms in total. The fourth-order valence-electron chi connectivity index (χ4n) is 2.38. The van der Waals surface area contributed by atoms with Gasteiger partial charge in [-0.3, -0.25) is 4.79 Å². The number of rotatable bonds is 2. The molecule has 1 fully saturated rings. The fourth-order valence-corrected chi connectivity index (χ4v) is 2.38. The standard InChI is InChI=1S/C14H19FN2O2/c1-10(18)11-5-3-6-12(15)14(11)17-8-4-7-16(2)13(19)9-17/h3,5-6,10,18H,4,7-9H2,1-2H3/t10-/m0/s1. The predicted molar refractivity (Wildman–Crippen MR) is 71.5 cm³/mol. The molecule has 0 unspecified atom stereocenters. The molecular weight excluding hydrogens is 247 g/mol. The first-order chi connectivity index (χ1) is 9.00. The van der Waals surface area contributed by atoms with Gasteiger partial charge in [-0.25, -0.2) is 4.39 Å². The third-order valence-corrected chi connectivity index (χ3v) is 3.46. The second-order valence-electron chi connectivity index (χ2n) is 4.94. The number of carbonyl (C=O) groups excluding carboxylic acids is 1. The topological polar surface area (TPSA) is 43.8 Å². The first-order valence-corrected chi connectivity index (χ1v) is 6.46. The fraction of sp³-hybridized carbons (Fsp3) is 0.500. The van der Waals surface area contributed by atoms with Crippen LogP contribution in [0.2, 0.25) is 0 Å². The van der Waals surface area contributed by atoms with Crippen LogP contribution < -0.4 is 4.90 Å². The Morgan fingerprint density at radius 2 is 2.11 bits per heavy atom. The second kappa shape index (κ2) is 5.57. The van der Waals surface area contributed by atoms with E-state index in [9.17, 15) is 14.3 Å². The van der Waals surface area contributed by atoms with E-state index in [1.54, 1.807) is 35.9 Å². The molecule has 1 aromatic rings. The minimum absolute atomic E-state index is 0.0303. The Morgan fingerprint density at radius 3 is 2.79 bits per heavy atom. The summed E-state index contributed by atoms with van der Waals surface area (Å²) in [6.45, 7) is 3.03. The number of halogens is 1. The van der Waals surface area contributed by atoms with Gasteiger partial charge in [-0.2, -0.15) is 0 Å². The summed E-state index contributed by atoms with van der Waals surface area (Å²) in [7, 11) is 1.75. The van der Waals surface area contributed by atoms with Crippen molar-refractivity contribution in [3.63, 3.8) is 0 Å². The number of anilines is 1. The first kappa shape index (κ1) is 13.8. The monoisotopic (exact) mass is 266 g/mol. The average molecular weight is 266 g/mol. The van der Waals surface area contributed by atoms with Crippen LogP contribution in [0.1, 0.15) is 25.0 Å². The van der Waals surface area contributed by atoms with Crippen LogP contribution in [-0.2, 0) is 4.79 Å². The molecule has 0 aliphatic carbocycles. The highest BCUT2D eigenvalue weighted by Crippen LogP contribution is 2.30. The first-order valence-electron chi connectivity index (χ1n) is 6.46. The summed E-state index contributed by atoms with van der Waals surface area (Å²) >= 11 is 0. The highest BCUT2D eigenvalue weighted by Gasteiger charge is 2.24.